The van der Waals surface area contributed by atoms with E-state index in [1.54, 1.807) is 19.2 Å². The van der Waals surface area contributed by atoms with Crippen LogP contribution in [0.2, 0.25) is 0 Å². The maximum Gasteiger partial charge on any atom is 0.215 e. The Morgan fingerprint density at radius 2 is 2.17 bits per heavy atom. The normalized spacial score (nSPS) is 17.2. The van der Waals surface area contributed by atoms with E-state index in [1.165, 1.54) is 4.70 Å². The molecule has 1 aromatic heterocycles. The molecule has 1 aliphatic rings. The van der Waals surface area contributed by atoms with E-state index in [9.17, 15) is 4.79 Å². The fraction of sp³-hybridized carbons (Fsp3) is 0.500. The van der Waals surface area contributed by atoms with E-state index < -0.39 is 0 Å². The lowest BCUT2D eigenvalue weighted by Crippen LogP contribution is -2.52. The molecule has 8 heteroatoms. The van der Waals surface area contributed by atoms with E-state index in [0.717, 1.165) is 49.0 Å². The minimum Gasteiger partial charge on any atom is -0.492 e. The number of rotatable bonds is 5. The van der Waals surface area contributed by atoms with Crippen LogP contribution in [0.3, 0.4) is 0 Å². The van der Waals surface area contributed by atoms with Gasteiger partial charge in [-0.15, -0.1) is 11.3 Å². The molecule has 24 heavy (non-hydrogen) atoms. The Balaban J connectivity index is 1.46. The third-order valence-corrected chi connectivity index (χ3v) is 5.19. The molecule has 1 saturated heterocycles. The highest BCUT2D eigenvalue weighted by Gasteiger charge is 2.20. The molecule has 2 heterocycles. The number of fused-ring (bicyclic) bond motifs is 1. The van der Waals surface area contributed by atoms with Gasteiger partial charge in [0.1, 0.15) is 12.4 Å². The Kier molecular flexibility index (Phi) is 5.38. The summed E-state index contributed by atoms with van der Waals surface area (Å²) in [5.74, 6) is 0.958. The Hall–Kier alpha value is -1.64. The summed E-state index contributed by atoms with van der Waals surface area (Å²) in [5.41, 5.74) is 7.18. The van der Waals surface area contributed by atoms with Crippen molar-refractivity contribution in [2.45, 2.75) is 13.0 Å². The van der Waals surface area contributed by atoms with Crippen molar-refractivity contribution in [3.63, 3.8) is 0 Å². The van der Waals surface area contributed by atoms with Gasteiger partial charge >= 0.3 is 0 Å². The highest BCUT2D eigenvalue weighted by Crippen LogP contribution is 2.25. The third-order valence-electron chi connectivity index (χ3n) is 4.24. The van der Waals surface area contributed by atoms with Crippen molar-refractivity contribution in [3.05, 3.63) is 23.2 Å². The molecule has 128 valence electrons. The number of benzene rings is 1. The number of amides is 1. The average Bonchev–Trinajstić information content (AvgIpc) is 2.92. The number of ether oxygens (including phenoxy) is 1. The first-order valence-corrected chi connectivity index (χ1v) is 9.06. The minimum atomic E-state index is -0.0539. The number of piperazine rings is 1. The molecule has 1 unspecified atom stereocenters. The Morgan fingerprint density at radius 3 is 2.88 bits per heavy atom. The van der Waals surface area contributed by atoms with Crippen LogP contribution in [0, 0.1) is 6.92 Å². The molecule has 0 radical (unpaired) electrons. The number of hydrogen-bond donors (Lipinski definition) is 1. The summed E-state index contributed by atoms with van der Waals surface area (Å²) in [4.78, 5) is 20.0. The van der Waals surface area contributed by atoms with Crippen molar-refractivity contribution in [3.8, 4) is 5.75 Å². The van der Waals surface area contributed by atoms with E-state index in [-0.39, 0.29) is 11.8 Å². The van der Waals surface area contributed by atoms with Gasteiger partial charge in [0.2, 0.25) is 7.85 Å². The first-order chi connectivity index (χ1) is 11.5. The molecule has 6 nitrogen and oxygen atoms in total. The Labute approximate surface area is 147 Å². The number of nitrogens with zero attached hydrogens (tertiary/aromatic N) is 3. The van der Waals surface area contributed by atoms with Gasteiger partial charge in [-0.05, 0) is 19.1 Å². The summed E-state index contributed by atoms with van der Waals surface area (Å²) in [7, 11) is 1.62. The van der Waals surface area contributed by atoms with E-state index in [0.29, 0.717) is 6.61 Å². The summed E-state index contributed by atoms with van der Waals surface area (Å²) < 4.78 is 7.01. The van der Waals surface area contributed by atoms with E-state index >= 15 is 0 Å². The molecule has 0 spiro atoms. The topological polar surface area (TPSA) is 71.7 Å². The van der Waals surface area contributed by atoms with Gasteiger partial charge in [-0.1, -0.05) is 0 Å². The van der Waals surface area contributed by atoms with Crippen LogP contribution >= 0.6 is 11.3 Å². The molecule has 1 fully saturated rings. The van der Waals surface area contributed by atoms with Gasteiger partial charge in [0.05, 0.1) is 21.3 Å². The molecule has 0 saturated carbocycles. The highest BCUT2D eigenvalue weighted by molar-refractivity contribution is 7.18. The largest absolute Gasteiger partial charge is 0.492 e. The quantitative estimate of drug-likeness (QED) is 0.807. The predicted octanol–water partition coefficient (Wildman–Crippen LogP) is 0.682. The molecule has 1 amide bonds. The molecule has 2 aromatic rings. The number of thiazole rings is 1. The monoisotopic (exact) mass is 346 g/mol. The molecule has 1 aliphatic heterocycles. The van der Waals surface area contributed by atoms with E-state index in [1.807, 2.05) is 30.0 Å². The van der Waals surface area contributed by atoms with Crippen LogP contribution in [-0.4, -0.2) is 73.8 Å². The van der Waals surface area contributed by atoms with Gasteiger partial charge in [0, 0.05) is 38.8 Å². The van der Waals surface area contributed by atoms with Crippen LogP contribution in [-0.2, 0) is 0 Å². The van der Waals surface area contributed by atoms with Crippen LogP contribution in [0.25, 0.3) is 10.2 Å². The van der Waals surface area contributed by atoms with Crippen molar-refractivity contribution in [2.24, 2.45) is 5.73 Å². The molecule has 0 bridgehead atoms. The number of carbonyl (C=O) groups excluding carboxylic acids is 1. The summed E-state index contributed by atoms with van der Waals surface area (Å²) in [6.45, 7) is 6.57. The number of hydrogen-bond acceptors (Lipinski definition) is 6. The van der Waals surface area contributed by atoms with Crippen LogP contribution in [0.1, 0.15) is 5.01 Å². The lowest BCUT2D eigenvalue weighted by atomic mass is 10.1. The number of nitrogens with two attached hydrogens (primary N) is 1. The maximum atomic E-state index is 11.3. The summed E-state index contributed by atoms with van der Waals surface area (Å²) in [6, 6.07) is 5.93. The van der Waals surface area contributed by atoms with Crippen LogP contribution in [0.4, 0.5) is 4.79 Å². The van der Waals surface area contributed by atoms with Crippen molar-refractivity contribution in [1.29, 1.82) is 0 Å². The first kappa shape index (κ1) is 17.2. The highest BCUT2D eigenvalue weighted by atomic mass is 32.1. The zero-order chi connectivity index (χ0) is 17.1. The van der Waals surface area contributed by atoms with Gasteiger partial charge in [-0.2, -0.15) is 0 Å². The smallest absolute Gasteiger partial charge is 0.215 e. The number of carbonyl (C=O) groups is 1. The second-order valence-corrected chi connectivity index (χ2v) is 7.47. The number of aryl methyl sites for hydroxylation is 1. The van der Waals surface area contributed by atoms with Crippen LogP contribution in [0.5, 0.6) is 5.75 Å². The second kappa shape index (κ2) is 7.50. The third kappa shape index (κ3) is 4.26. The minimum absolute atomic E-state index is 0.0539. The Morgan fingerprint density at radius 1 is 1.42 bits per heavy atom. The molecule has 2 N–H and O–H groups in total. The fourth-order valence-electron chi connectivity index (χ4n) is 2.95. The van der Waals surface area contributed by atoms with Gasteiger partial charge < -0.3 is 15.4 Å². The standard InChI is InChI=1S/C16H23BN4O2S/c1-11-19-14-8-13(2-3-15(14)24-11)23-10-12(18)9-20-4-6-21(7-5-20)16(17)22/h2-3,8,12H,4-7,9-10,17-18H2,1H3. The maximum absolute atomic E-state index is 11.3. The summed E-state index contributed by atoms with van der Waals surface area (Å²) >= 11 is 1.68. The fourth-order valence-corrected chi connectivity index (χ4v) is 3.75. The van der Waals surface area contributed by atoms with Crippen molar-refractivity contribution in [2.75, 3.05) is 39.3 Å². The molecular formula is C16H23BN4O2S. The molecular weight excluding hydrogens is 323 g/mol. The predicted molar refractivity (Wildman–Crippen MR) is 99.8 cm³/mol. The van der Waals surface area contributed by atoms with Gasteiger partial charge in [0.25, 0.3) is 0 Å². The first-order valence-electron chi connectivity index (χ1n) is 8.24. The molecule has 0 aliphatic carbocycles. The molecule has 1 atom stereocenters. The summed E-state index contributed by atoms with van der Waals surface area (Å²) in [5, 5.41) is 1.06. The summed E-state index contributed by atoms with van der Waals surface area (Å²) in [6.07, 6.45) is 0. The van der Waals surface area contributed by atoms with Crippen LogP contribution in [0.15, 0.2) is 18.2 Å². The molecule has 1 aromatic carbocycles. The average molecular weight is 346 g/mol. The second-order valence-electron chi connectivity index (χ2n) is 6.24. The van der Waals surface area contributed by atoms with Crippen molar-refractivity contribution < 1.29 is 9.53 Å². The van der Waals surface area contributed by atoms with Gasteiger partial charge in [-0.25, -0.2) is 4.98 Å². The zero-order valence-electron chi connectivity index (χ0n) is 14.2. The van der Waals surface area contributed by atoms with Gasteiger partial charge in [0.15, 0.2) is 5.81 Å². The lowest BCUT2D eigenvalue weighted by molar-refractivity contribution is 0.139. The van der Waals surface area contributed by atoms with Crippen LogP contribution < -0.4 is 10.5 Å². The van der Waals surface area contributed by atoms with Crippen molar-refractivity contribution in [1.82, 2.24) is 14.8 Å². The lowest BCUT2D eigenvalue weighted by Gasteiger charge is -2.35. The zero-order valence-corrected chi connectivity index (χ0v) is 15.0. The Bertz CT molecular complexity index is 715. The van der Waals surface area contributed by atoms with Crippen molar-refractivity contribution >= 4 is 35.2 Å². The van der Waals surface area contributed by atoms with E-state index in [4.69, 9.17) is 10.5 Å². The van der Waals surface area contributed by atoms with Gasteiger partial charge in [-0.3, -0.25) is 9.69 Å². The molecule has 3 rings (SSSR count). The van der Waals surface area contributed by atoms with E-state index in [2.05, 4.69) is 9.88 Å². The SMILES string of the molecule is BC(=O)N1CCN(CC(N)COc2ccc3sc(C)nc3c2)CC1. The number of aromatic nitrogens is 1.